The second kappa shape index (κ2) is 6.35. The molecular weight excluding hydrogens is 312 g/mol. The highest BCUT2D eigenvalue weighted by Crippen LogP contribution is 2.17. The van der Waals surface area contributed by atoms with Crippen LogP contribution in [0.3, 0.4) is 0 Å². The molecule has 7 nitrogen and oxygen atoms in total. The average molecular weight is 332 g/mol. The summed E-state index contributed by atoms with van der Waals surface area (Å²) in [5.41, 5.74) is 0.773. The predicted molar refractivity (Wildman–Crippen MR) is 89.6 cm³/mol. The molecule has 24 heavy (non-hydrogen) atoms. The van der Waals surface area contributed by atoms with Crippen molar-refractivity contribution in [2.45, 2.75) is 33.3 Å². The molecule has 0 aliphatic rings. The van der Waals surface area contributed by atoms with Crippen molar-refractivity contribution >= 4 is 23.3 Å². The zero-order valence-electron chi connectivity index (χ0n) is 14.3. The van der Waals surface area contributed by atoms with Crippen LogP contribution in [0.4, 0.5) is 10.5 Å². The second-order valence-electron chi connectivity index (χ2n) is 6.31. The molecule has 0 fully saturated rings. The van der Waals surface area contributed by atoms with Crippen LogP contribution < -0.4 is 10.9 Å². The maximum atomic E-state index is 12.3. The van der Waals surface area contributed by atoms with E-state index in [1.54, 1.807) is 39.8 Å². The Morgan fingerprint density at radius 3 is 2.46 bits per heavy atom. The van der Waals surface area contributed by atoms with E-state index in [9.17, 15) is 14.4 Å². The molecule has 0 radical (unpaired) electrons. The number of pyridine rings is 2. The van der Waals surface area contributed by atoms with Gasteiger partial charge in [0.1, 0.15) is 5.60 Å². The third kappa shape index (κ3) is 3.73. The van der Waals surface area contributed by atoms with Gasteiger partial charge in [-0.05, 0) is 45.4 Å². The van der Waals surface area contributed by atoms with E-state index in [0.29, 0.717) is 16.8 Å². The number of anilines is 1. The molecule has 0 atom stereocenters. The summed E-state index contributed by atoms with van der Waals surface area (Å²) in [4.78, 5) is 35.8. The van der Waals surface area contributed by atoms with Crippen LogP contribution in [-0.2, 0) is 9.47 Å². The summed E-state index contributed by atoms with van der Waals surface area (Å²) >= 11 is 0. The largest absolute Gasteiger partial charge is 0.465 e. The molecule has 0 bridgehead atoms. The standard InChI is InChI=1S/C17H20N2O5/c1-10-12(15(21)23-5)8-14(20)19-9-11(6-7-13(10)19)18-16(22)24-17(2,3)4/h6-9H,1-5H3,(H,18,22). The molecule has 2 aromatic rings. The van der Waals surface area contributed by atoms with Crippen LogP contribution >= 0.6 is 0 Å². The summed E-state index contributed by atoms with van der Waals surface area (Å²) in [6.07, 6.45) is 0.869. The number of carbonyl (C=O) groups is 2. The maximum absolute atomic E-state index is 12.3. The van der Waals surface area contributed by atoms with Crippen molar-refractivity contribution in [3.8, 4) is 0 Å². The molecule has 0 aromatic carbocycles. The fraction of sp³-hybridized carbons (Fsp3) is 0.353. The number of nitrogens with zero attached hydrogens (tertiary/aromatic N) is 1. The Morgan fingerprint density at radius 1 is 1.21 bits per heavy atom. The number of esters is 1. The van der Waals surface area contributed by atoms with E-state index in [2.05, 4.69) is 10.1 Å². The Kier molecular flexibility index (Phi) is 4.64. The van der Waals surface area contributed by atoms with Crippen molar-refractivity contribution in [1.29, 1.82) is 0 Å². The van der Waals surface area contributed by atoms with E-state index in [4.69, 9.17) is 4.74 Å². The minimum Gasteiger partial charge on any atom is -0.465 e. The van der Waals surface area contributed by atoms with E-state index in [-0.39, 0.29) is 5.56 Å². The smallest absolute Gasteiger partial charge is 0.412 e. The zero-order chi connectivity index (χ0) is 18.1. The SMILES string of the molecule is COC(=O)c1cc(=O)n2cc(NC(=O)OC(C)(C)C)ccc2c1C. The van der Waals surface area contributed by atoms with E-state index in [1.165, 1.54) is 23.8 Å². The van der Waals surface area contributed by atoms with Crippen molar-refractivity contribution in [2.75, 3.05) is 12.4 Å². The van der Waals surface area contributed by atoms with Crippen molar-refractivity contribution in [2.24, 2.45) is 0 Å². The molecule has 128 valence electrons. The van der Waals surface area contributed by atoms with Gasteiger partial charge in [-0.2, -0.15) is 0 Å². The van der Waals surface area contributed by atoms with Crippen LogP contribution in [0.15, 0.2) is 29.2 Å². The molecule has 2 heterocycles. The topological polar surface area (TPSA) is 86.1 Å². The van der Waals surface area contributed by atoms with Gasteiger partial charge in [0.05, 0.1) is 23.9 Å². The van der Waals surface area contributed by atoms with Crippen LogP contribution in [0, 0.1) is 6.92 Å². The van der Waals surface area contributed by atoms with E-state index in [1.807, 2.05) is 0 Å². The fourth-order valence-electron chi connectivity index (χ4n) is 2.25. The highest BCUT2D eigenvalue weighted by atomic mass is 16.6. The first-order chi connectivity index (χ1) is 11.1. The number of fused-ring (bicyclic) bond motifs is 1. The number of ether oxygens (including phenoxy) is 2. The summed E-state index contributed by atoms with van der Waals surface area (Å²) in [5, 5.41) is 2.57. The van der Waals surface area contributed by atoms with Crippen LogP contribution in [0.5, 0.6) is 0 Å². The number of amides is 1. The summed E-state index contributed by atoms with van der Waals surface area (Å²) in [6.45, 7) is 7.00. The Hall–Kier alpha value is -2.83. The molecule has 2 rings (SSSR count). The fourth-order valence-corrected chi connectivity index (χ4v) is 2.25. The number of carbonyl (C=O) groups excluding carboxylic acids is 2. The number of hydrogen-bond donors (Lipinski definition) is 1. The summed E-state index contributed by atoms with van der Waals surface area (Å²) in [6, 6.07) is 4.49. The monoisotopic (exact) mass is 332 g/mol. The Bertz CT molecular complexity index is 862. The highest BCUT2D eigenvalue weighted by molar-refractivity contribution is 5.93. The number of aromatic nitrogens is 1. The van der Waals surface area contributed by atoms with E-state index >= 15 is 0 Å². The minimum atomic E-state index is -0.621. The number of aryl methyl sites for hydroxylation is 1. The first-order valence-electron chi connectivity index (χ1n) is 7.37. The van der Waals surface area contributed by atoms with Gasteiger partial charge in [-0.3, -0.25) is 14.5 Å². The third-order valence-corrected chi connectivity index (χ3v) is 3.29. The van der Waals surface area contributed by atoms with Gasteiger partial charge in [0.25, 0.3) is 5.56 Å². The number of rotatable bonds is 2. The average Bonchev–Trinajstić information content (AvgIpc) is 2.48. The number of nitrogens with one attached hydrogen (secondary N) is 1. The second-order valence-corrected chi connectivity index (χ2v) is 6.31. The molecule has 2 aromatic heterocycles. The summed E-state index contributed by atoms with van der Waals surface area (Å²) in [7, 11) is 1.26. The zero-order valence-corrected chi connectivity index (χ0v) is 14.3. The van der Waals surface area contributed by atoms with Crippen molar-refractivity contribution < 1.29 is 19.1 Å². The van der Waals surface area contributed by atoms with Gasteiger partial charge in [0.15, 0.2) is 0 Å². The molecule has 0 aliphatic carbocycles. The molecular formula is C17H20N2O5. The van der Waals surface area contributed by atoms with Gasteiger partial charge < -0.3 is 9.47 Å². The van der Waals surface area contributed by atoms with Crippen molar-refractivity contribution in [3.05, 3.63) is 45.9 Å². The van der Waals surface area contributed by atoms with Gasteiger partial charge >= 0.3 is 12.1 Å². The Morgan fingerprint density at radius 2 is 1.88 bits per heavy atom. The number of hydrogen-bond acceptors (Lipinski definition) is 5. The van der Waals surface area contributed by atoms with E-state index < -0.39 is 23.2 Å². The molecule has 1 N–H and O–H groups in total. The molecule has 0 saturated heterocycles. The van der Waals surface area contributed by atoms with E-state index in [0.717, 1.165) is 0 Å². The third-order valence-electron chi connectivity index (χ3n) is 3.29. The van der Waals surface area contributed by atoms with Gasteiger partial charge in [-0.15, -0.1) is 0 Å². The first kappa shape index (κ1) is 17.5. The van der Waals surface area contributed by atoms with Crippen LogP contribution in [0.1, 0.15) is 36.7 Å². The molecule has 0 unspecified atom stereocenters. The van der Waals surface area contributed by atoms with Crippen LogP contribution in [0.2, 0.25) is 0 Å². The summed E-state index contributed by atoms with van der Waals surface area (Å²) < 4.78 is 11.2. The molecule has 0 spiro atoms. The predicted octanol–water partition coefficient (Wildman–Crippen LogP) is 2.74. The lowest BCUT2D eigenvalue weighted by molar-refractivity contribution is 0.0597. The van der Waals surface area contributed by atoms with Crippen molar-refractivity contribution in [1.82, 2.24) is 4.40 Å². The molecule has 0 aliphatic heterocycles. The van der Waals surface area contributed by atoms with Gasteiger partial charge in [0, 0.05) is 12.3 Å². The normalized spacial score (nSPS) is 11.2. The molecule has 0 saturated carbocycles. The van der Waals surface area contributed by atoms with Gasteiger partial charge in [0.2, 0.25) is 0 Å². The quantitative estimate of drug-likeness (QED) is 0.855. The Labute approximate surface area is 139 Å². The Balaban J connectivity index is 2.42. The van der Waals surface area contributed by atoms with Crippen molar-refractivity contribution in [3.63, 3.8) is 0 Å². The lowest BCUT2D eigenvalue weighted by Crippen LogP contribution is -2.27. The minimum absolute atomic E-state index is 0.218. The van der Waals surface area contributed by atoms with Gasteiger partial charge in [-0.25, -0.2) is 9.59 Å². The maximum Gasteiger partial charge on any atom is 0.412 e. The first-order valence-corrected chi connectivity index (χ1v) is 7.37. The lowest BCUT2D eigenvalue weighted by atomic mass is 10.1. The van der Waals surface area contributed by atoms with Crippen LogP contribution in [-0.4, -0.2) is 29.2 Å². The molecule has 1 amide bonds. The number of methoxy groups -OCH3 is 1. The lowest BCUT2D eigenvalue weighted by Gasteiger charge is -2.19. The van der Waals surface area contributed by atoms with Gasteiger partial charge in [-0.1, -0.05) is 0 Å². The highest BCUT2D eigenvalue weighted by Gasteiger charge is 2.17. The van der Waals surface area contributed by atoms with Crippen LogP contribution in [0.25, 0.3) is 5.52 Å². The molecule has 7 heteroatoms. The summed E-state index contributed by atoms with van der Waals surface area (Å²) in [5.74, 6) is -0.567.